The molecule has 0 fully saturated rings. The molecule has 0 aliphatic heterocycles. The van der Waals surface area contributed by atoms with Crippen LogP contribution in [0.5, 0.6) is 0 Å². The molecule has 0 saturated carbocycles. The topological polar surface area (TPSA) is 73.6 Å². The SMILES string of the molecule is CCc1nn2c(=O)cc(COC(=O)c3ccc(C)s3)nc2s1. The first-order valence-electron chi connectivity index (χ1n) is 6.69. The van der Waals surface area contributed by atoms with Crippen LogP contribution in [-0.2, 0) is 17.8 Å². The van der Waals surface area contributed by atoms with Gasteiger partial charge in [-0.2, -0.15) is 9.61 Å². The molecule has 0 atom stereocenters. The number of hydrogen-bond acceptors (Lipinski definition) is 7. The zero-order valence-corrected chi connectivity index (χ0v) is 13.7. The average Bonchev–Trinajstić information content (AvgIpc) is 3.11. The summed E-state index contributed by atoms with van der Waals surface area (Å²) in [7, 11) is 0. The standard InChI is InChI=1S/C14H13N3O3S2/c1-3-11-16-17-12(18)6-9(15-14(17)22-11)7-20-13(19)10-5-4-8(2)21-10/h4-6H,3,7H2,1-2H3. The number of thiophene rings is 1. The fraction of sp³-hybridized carbons (Fsp3) is 0.286. The first-order valence-corrected chi connectivity index (χ1v) is 8.32. The highest BCUT2D eigenvalue weighted by Crippen LogP contribution is 2.17. The number of carbonyl (C=O) groups is 1. The van der Waals surface area contributed by atoms with Crippen molar-refractivity contribution in [1.29, 1.82) is 0 Å². The fourth-order valence-electron chi connectivity index (χ4n) is 1.87. The summed E-state index contributed by atoms with van der Waals surface area (Å²) in [6, 6.07) is 4.94. The third-order valence-electron chi connectivity index (χ3n) is 2.94. The maximum absolute atomic E-state index is 12.0. The third-order valence-corrected chi connectivity index (χ3v) is 4.97. The number of carbonyl (C=O) groups excluding carboxylic acids is 1. The van der Waals surface area contributed by atoms with Gasteiger partial charge in [0, 0.05) is 10.9 Å². The van der Waals surface area contributed by atoms with Crippen molar-refractivity contribution < 1.29 is 9.53 Å². The van der Waals surface area contributed by atoms with E-state index < -0.39 is 5.97 Å². The van der Waals surface area contributed by atoms with Crippen LogP contribution in [-0.4, -0.2) is 20.6 Å². The molecule has 8 heteroatoms. The van der Waals surface area contributed by atoms with E-state index in [1.807, 2.05) is 19.9 Å². The number of rotatable bonds is 4. The quantitative estimate of drug-likeness (QED) is 0.685. The second kappa shape index (κ2) is 5.98. The molecule has 22 heavy (non-hydrogen) atoms. The molecule has 3 rings (SSSR count). The van der Waals surface area contributed by atoms with Crippen LogP contribution in [0.15, 0.2) is 23.0 Å². The lowest BCUT2D eigenvalue weighted by Gasteiger charge is -2.02. The summed E-state index contributed by atoms with van der Waals surface area (Å²) >= 11 is 2.74. The lowest BCUT2D eigenvalue weighted by molar-refractivity contribution is 0.0473. The zero-order chi connectivity index (χ0) is 15.7. The van der Waals surface area contributed by atoms with E-state index in [0.717, 1.165) is 16.3 Å². The van der Waals surface area contributed by atoms with Gasteiger partial charge in [-0.25, -0.2) is 9.78 Å². The van der Waals surface area contributed by atoms with Gasteiger partial charge < -0.3 is 4.74 Å². The molecular formula is C14H13N3O3S2. The van der Waals surface area contributed by atoms with Crippen molar-refractivity contribution in [2.75, 3.05) is 0 Å². The number of fused-ring (bicyclic) bond motifs is 1. The first-order chi connectivity index (χ1) is 10.6. The van der Waals surface area contributed by atoms with Crippen LogP contribution in [0.1, 0.15) is 32.2 Å². The Labute approximate surface area is 134 Å². The molecule has 3 aromatic rings. The van der Waals surface area contributed by atoms with E-state index in [1.165, 1.54) is 33.3 Å². The highest BCUT2D eigenvalue weighted by molar-refractivity contribution is 7.16. The van der Waals surface area contributed by atoms with Gasteiger partial charge in [-0.15, -0.1) is 11.3 Å². The molecule has 0 unspecified atom stereocenters. The maximum Gasteiger partial charge on any atom is 0.348 e. The monoisotopic (exact) mass is 335 g/mol. The Kier molecular flexibility index (Phi) is 4.04. The van der Waals surface area contributed by atoms with E-state index in [2.05, 4.69) is 10.1 Å². The Morgan fingerprint density at radius 1 is 1.36 bits per heavy atom. The lowest BCUT2D eigenvalue weighted by Crippen LogP contribution is -2.16. The molecular weight excluding hydrogens is 322 g/mol. The van der Waals surface area contributed by atoms with E-state index >= 15 is 0 Å². The summed E-state index contributed by atoms with van der Waals surface area (Å²) in [4.78, 5) is 30.3. The van der Waals surface area contributed by atoms with Crippen molar-refractivity contribution in [3.05, 3.63) is 49.0 Å². The van der Waals surface area contributed by atoms with Gasteiger partial charge in [0.2, 0.25) is 4.96 Å². The maximum atomic E-state index is 12.0. The van der Waals surface area contributed by atoms with E-state index in [-0.39, 0.29) is 12.2 Å². The average molecular weight is 335 g/mol. The number of nitrogens with zero attached hydrogens (tertiary/aromatic N) is 3. The number of aromatic nitrogens is 3. The predicted octanol–water partition coefficient (Wildman–Crippen LogP) is 2.44. The molecule has 0 radical (unpaired) electrons. The number of ether oxygens (including phenoxy) is 1. The fourth-order valence-corrected chi connectivity index (χ4v) is 3.49. The molecule has 0 aliphatic rings. The number of aryl methyl sites for hydroxylation is 2. The van der Waals surface area contributed by atoms with E-state index in [9.17, 15) is 9.59 Å². The first kappa shape index (κ1) is 14.9. The van der Waals surface area contributed by atoms with Crippen molar-refractivity contribution in [1.82, 2.24) is 14.6 Å². The zero-order valence-electron chi connectivity index (χ0n) is 12.0. The Bertz CT molecular complexity index is 894. The number of hydrogen-bond donors (Lipinski definition) is 0. The van der Waals surface area contributed by atoms with Gasteiger partial charge in [0.05, 0.1) is 5.69 Å². The van der Waals surface area contributed by atoms with Crippen molar-refractivity contribution in [3.63, 3.8) is 0 Å². The van der Waals surface area contributed by atoms with Crippen LogP contribution in [0, 0.1) is 6.92 Å². The summed E-state index contributed by atoms with van der Waals surface area (Å²) < 4.78 is 6.48. The summed E-state index contributed by atoms with van der Waals surface area (Å²) in [5, 5.41) is 5.01. The normalized spacial score (nSPS) is 11.0. The molecule has 0 aliphatic carbocycles. The molecule has 114 valence electrons. The van der Waals surface area contributed by atoms with E-state index in [4.69, 9.17) is 4.74 Å². The summed E-state index contributed by atoms with van der Waals surface area (Å²) in [6.07, 6.45) is 0.746. The van der Waals surface area contributed by atoms with Crippen molar-refractivity contribution in [2.45, 2.75) is 26.9 Å². The molecule has 0 bridgehead atoms. The minimum atomic E-state index is -0.404. The largest absolute Gasteiger partial charge is 0.455 e. The minimum absolute atomic E-state index is 0.0269. The highest BCUT2D eigenvalue weighted by Gasteiger charge is 2.12. The van der Waals surface area contributed by atoms with E-state index in [0.29, 0.717) is 15.5 Å². The highest BCUT2D eigenvalue weighted by atomic mass is 32.1. The van der Waals surface area contributed by atoms with Gasteiger partial charge in [0.1, 0.15) is 16.5 Å². The second-order valence-corrected chi connectivity index (χ2v) is 6.94. The van der Waals surface area contributed by atoms with Crippen LogP contribution in [0.25, 0.3) is 4.96 Å². The predicted molar refractivity (Wildman–Crippen MR) is 84.7 cm³/mol. The summed E-state index contributed by atoms with van der Waals surface area (Å²) in [5.41, 5.74) is 0.164. The van der Waals surface area contributed by atoms with Gasteiger partial charge >= 0.3 is 5.97 Å². The Morgan fingerprint density at radius 2 is 2.18 bits per heavy atom. The number of esters is 1. The molecule has 0 N–H and O–H groups in total. The smallest absolute Gasteiger partial charge is 0.348 e. The molecule has 6 nitrogen and oxygen atoms in total. The molecule has 3 heterocycles. The van der Waals surface area contributed by atoms with Crippen molar-refractivity contribution in [3.8, 4) is 0 Å². The van der Waals surface area contributed by atoms with Crippen LogP contribution < -0.4 is 5.56 Å². The lowest BCUT2D eigenvalue weighted by atomic mass is 10.4. The molecule has 0 saturated heterocycles. The van der Waals surface area contributed by atoms with Gasteiger partial charge in [-0.1, -0.05) is 18.3 Å². The van der Waals surface area contributed by atoms with Crippen LogP contribution >= 0.6 is 22.7 Å². The minimum Gasteiger partial charge on any atom is -0.455 e. The molecule has 0 spiro atoms. The van der Waals surface area contributed by atoms with Crippen molar-refractivity contribution >= 4 is 33.6 Å². The van der Waals surface area contributed by atoms with Gasteiger partial charge in [0.25, 0.3) is 5.56 Å². The van der Waals surface area contributed by atoms with Gasteiger partial charge in [-0.3, -0.25) is 4.79 Å². The van der Waals surface area contributed by atoms with Gasteiger partial charge in [-0.05, 0) is 25.5 Å². The molecule has 0 amide bonds. The van der Waals surface area contributed by atoms with Crippen molar-refractivity contribution in [2.24, 2.45) is 0 Å². The Hall–Kier alpha value is -2.06. The van der Waals surface area contributed by atoms with E-state index in [1.54, 1.807) is 6.07 Å². The van der Waals surface area contributed by atoms with Crippen LogP contribution in [0.4, 0.5) is 0 Å². The second-order valence-electron chi connectivity index (χ2n) is 4.62. The molecule has 0 aromatic carbocycles. The Balaban J connectivity index is 1.79. The van der Waals surface area contributed by atoms with Gasteiger partial charge in [0.15, 0.2) is 0 Å². The van der Waals surface area contributed by atoms with Crippen LogP contribution in [0.3, 0.4) is 0 Å². The summed E-state index contributed by atoms with van der Waals surface area (Å²) in [5.74, 6) is -0.404. The molecule has 3 aromatic heterocycles. The Morgan fingerprint density at radius 3 is 2.86 bits per heavy atom. The summed E-state index contributed by atoms with van der Waals surface area (Å²) in [6.45, 7) is 3.86. The third kappa shape index (κ3) is 2.93. The van der Waals surface area contributed by atoms with Crippen LogP contribution in [0.2, 0.25) is 0 Å².